The zero-order chi connectivity index (χ0) is 7.68. The van der Waals surface area contributed by atoms with Crippen LogP contribution in [0, 0.1) is 0 Å². The molecule has 11 heavy (non-hydrogen) atoms. The van der Waals surface area contributed by atoms with Crippen LogP contribution in [0.25, 0.3) is 10.9 Å². The normalized spacial score (nSPS) is 10.2. The minimum Gasteiger partial charge on any atom is -0.281 e. The number of hydrogen-bond donors (Lipinski definition) is 0. The summed E-state index contributed by atoms with van der Waals surface area (Å²) in [7, 11) is 0. The quantitative estimate of drug-likeness (QED) is 0.563. The number of aromatic nitrogens is 2. The lowest BCUT2D eigenvalue weighted by Crippen LogP contribution is -1.82. The number of fused-ring (bicyclic) bond motifs is 1. The molecule has 0 atom stereocenters. The SMILES string of the molecule is [NH]c1nccc2cccnc12. The Morgan fingerprint density at radius 1 is 1.09 bits per heavy atom. The predicted molar refractivity (Wildman–Crippen MR) is 42.3 cm³/mol. The molecule has 0 aliphatic carbocycles. The molecule has 0 spiro atoms. The van der Waals surface area contributed by atoms with E-state index < -0.39 is 0 Å². The van der Waals surface area contributed by atoms with Gasteiger partial charge in [-0.25, -0.2) is 4.98 Å². The van der Waals surface area contributed by atoms with Crippen LogP contribution in [0.15, 0.2) is 30.6 Å². The summed E-state index contributed by atoms with van der Waals surface area (Å²) in [6, 6.07) is 5.62. The highest BCUT2D eigenvalue weighted by atomic mass is 14.9. The Bertz CT molecular complexity index is 378. The smallest absolute Gasteiger partial charge is 0.171 e. The standard InChI is InChI=1S/C8H6N3/c9-8-7-6(3-5-11-8)2-1-4-10-7/h1-5,9H. The first-order valence-corrected chi connectivity index (χ1v) is 3.29. The van der Waals surface area contributed by atoms with Gasteiger partial charge in [0.25, 0.3) is 0 Å². The summed E-state index contributed by atoms with van der Waals surface area (Å²) in [5.74, 6) is 0.239. The average Bonchev–Trinajstić information content (AvgIpc) is 2.06. The van der Waals surface area contributed by atoms with Crippen molar-refractivity contribution in [2.75, 3.05) is 0 Å². The molecule has 0 unspecified atom stereocenters. The average molecular weight is 144 g/mol. The van der Waals surface area contributed by atoms with Crippen molar-refractivity contribution in [3.63, 3.8) is 0 Å². The van der Waals surface area contributed by atoms with E-state index in [4.69, 9.17) is 5.73 Å². The molecule has 2 heterocycles. The van der Waals surface area contributed by atoms with Crippen LogP contribution in [0.2, 0.25) is 0 Å². The monoisotopic (exact) mass is 144 g/mol. The highest BCUT2D eigenvalue weighted by Gasteiger charge is 1.96. The third kappa shape index (κ3) is 0.902. The Morgan fingerprint density at radius 2 is 2.00 bits per heavy atom. The van der Waals surface area contributed by atoms with Gasteiger partial charge in [-0.3, -0.25) is 10.7 Å². The van der Waals surface area contributed by atoms with Gasteiger partial charge in [-0.2, -0.15) is 0 Å². The third-order valence-corrected chi connectivity index (χ3v) is 1.52. The Kier molecular flexibility index (Phi) is 1.22. The molecule has 0 aromatic carbocycles. The molecule has 3 nitrogen and oxygen atoms in total. The highest BCUT2D eigenvalue weighted by molar-refractivity contribution is 5.85. The lowest BCUT2D eigenvalue weighted by Gasteiger charge is -1.95. The van der Waals surface area contributed by atoms with Gasteiger partial charge in [-0.05, 0) is 12.1 Å². The second-order valence-electron chi connectivity index (χ2n) is 2.23. The van der Waals surface area contributed by atoms with Gasteiger partial charge < -0.3 is 0 Å². The Hall–Kier alpha value is -1.64. The molecule has 1 radical (unpaired) electrons. The number of nitrogens with one attached hydrogen (secondary N) is 1. The van der Waals surface area contributed by atoms with E-state index in [9.17, 15) is 0 Å². The Morgan fingerprint density at radius 3 is 2.82 bits per heavy atom. The van der Waals surface area contributed by atoms with Gasteiger partial charge in [-0.15, -0.1) is 0 Å². The fourth-order valence-electron chi connectivity index (χ4n) is 1.00. The number of pyridine rings is 2. The van der Waals surface area contributed by atoms with Crippen molar-refractivity contribution in [3.05, 3.63) is 30.6 Å². The van der Waals surface area contributed by atoms with E-state index in [2.05, 4.69) is 9.97 Å². The Labute approximate surface area is 63.9 Å². The predicted octanol–water partition coefficient (Wildman–Crippen LogP) is 1.54. The lowest BCUT2D eigenvalue weighted by atomic mass is 10.2. The molecule has 0 aliphatic rings. The van der Waals surface area contributed by atoms with Gasteiger partial charge in [0.05, 0.1) is 0 Å². The zero-order valence-corrected chi connectivity index (χ0v) is 5.78. The highest BCUT2D eigenvalue weighted by Crippen LogP contribution is 2.14. The second kappa shape index (κ2) is 2.20. The van der Waals surface area contributed by atoms with Crippen LogP contribution < -0.4 is 5.73 Å². The van der Waals surface area contributed by atoms with E-state index in [-0.39, 0.29) is 5.82 Å². The maximum atomic E-state index is 7.39. The maximum absolute atomic E-state index is 7.39. The van der Waals surface area contributed by atoms with Crippen LogP contribution in [-0.2, 0) is 0 Å². The zero-order valence-electron chi connectivity index (χ0n) is 5.78. The van der Waals surface area contributed by atoms with Crippen LogP contribution in [0.5, 0.6) is 0 Å². The summed E-state index contributed by atoms with van der Waals surface area (Å²) in [5, 5.41) is 0.965. The van der Waals surface area contributed by atoms with Crippen molar-refractivity contribution in [1.82, 2.24) is 15.7 Å². The molecular formula is C8H6N3. The summed E-state index contributed by atoms with van der Waals surface area (Å²) in [6.45, 7) is 0. The van der Waals surface area contributed by atoms with Gasteiger partial charge in [-0.1, -0.05) is 6.07 Å². The molecule has 0 saturated heterocycles. The fourth-order valence-corrected chi connectivity index (χ4v) is 1.00. The van der Waals surface area contributed by atoms with Crippen LogP contribution in [0.4, 0.5) is 5.82 Å². The number of rotatable bonds is 0. The molecule has 0 amide bonds. The van der Waals surface area contributed by atoms with Crippen molar-refractivity contribution in [1.29, 1.82) is 0 Å². The van der Waals surface area contributed by atoms with Crippen LogP contribution in [-0.4, -0.2) is 9.97 Å². The summed E-state index contributed by atoms with van der Waals surface area (Å²) >= 11 is 0. The van der Waals surface area contributed by atoms with E-state index >= 15 is 0 Å². The summed E-state index contributed by atoms with van der Waals surface area (Å²) in [5.41, 5.74) is 8.05. The van der Waals surface area contributed by atoms with E-state index in [1.165, 1.54) is 0 Å². The summed E-state index contributed by atoms with van der Waals surface area (Å²) in [6.07, 6.45) is 3.29. The van der Waals surface area contributed by atoms with Crippen molar-refractivity contribution >= 4 is 16.7 Å². The first-order valence-electron chi connectivity index (χ1n) is 3.29. The fraction of sp³-hybridized carbons (Fsp3) is 0. The molecule has 53 valence electrons. The van der Waals surface area contributed by atoms with Crippen molar-refractivity contribution in [2.24, 2.45) is 0 Å². The van der Waals surface area contributed by atoms with Crippen LogP contribution in [0.3, 0.4) is 0 Å². The maximum Gasteiger partial charge on any atom is 0.171 e. The van der Waals surface area contributed by atoms with E-state index in [1.54, 1.807) is 12.4 Å². The minimum absolute atomic E-state index is 0.239. The van der Waals surface area contributed by atoms with Gasteiger partial charge in [0, 0.05) is 17.8 Å². The molecule has 2 aromatic heterocycles. The topological polar surface area (TPSA) is 49.6 Å². The van der Waals surface area contributed by atoms with E-state index in [0.717, 1.165) is 5.39 Å². The van der Waals surface area contributed by atoms with Gasteiger partial charge in [0.1, 0.15) is 5.52 Å². The van der Waals surface area contributed by atoms with Gasteiger partial charge in [0.2, 0.25) is 0 Å². The first kappa shape index (κ1) is 6.09. The molecule has 0 aliphatic heterocycles. The van der Waals surface area contributed by atoms with Crippen molar-refractivity contribution in [2.45, 2.75) is 0 Å². The van der Waals surface area contributed by atoms with E-state index in [0.29, 0.717) is 5.52 Å². The molecule has 1 N–H and O–H groups in total. The van der Waals surface area contributed by atoms with Crippen LogP contribution in [0.1, 0.15) is 0 Å². The lowest BCUT2D eigenvalue weighted by molar-refractivity contribution is 1.25. The molecule has 0 fully saturated rings. The van der Waals surface area contributed by atoms with E-state index in [1.807, 2.05) is 18.2 Å². The second-order valence-corrected chi connectivity index (χ2v) is 2.23. The third-order valence-electron chi connectivity index (χ3n) is 1.52. The summed E-state index contributed by atoms with van der Waals surface area (Å²) in [4.78, 5) is 7.84. The molecule has 2 rings (SSSR count). The number of hydrogen-bond acceptors (Lipinski definition) is 2. The summed E-state index contributed by atoms with van der Waals surface area (Å²) < 4.78 is 0. The first-order chi connectivity index (χ1) is 5.38. The largest absolute Gasteiger partial charge is 0.281 e. The molecular weight excluding hydrogens is 138 g/mol. The molecule has 2 aromatic rings. The van der Waals surface area contributed by atoms with Crippen LogP contribution >= 0.6 is 0 Å². The molecule has 3 heteroatoms. The molecule has 0 bridgehead atoms. The van der Waals surface area contributed by atoms with Crippen molar-refractivity contribution in [3.8, 4) is 0 Å². The molecule has 0 saturated carbocycles. The number of nitrogens with zero attached hydrogens (tertiary/aromatic N) is 2. The van der Waals surface area contributed by atoms with Gasteiger partial charge in [0.15, 0.2) is 5.82 Å². The van der Waals surface area contributed by atoms with Gasteiger partial charge >= 0.3 is 0 Å². The Balaban J connectivity index is 2.91. The minimum atomic E-state index is 0.239. The van der Waals surface area contributed by atoms with Crippen molar-refractivity contribution < 1.29 is 0 Å².